The number of carbonyl (C=O) groups excluding carboxylic acids is 1. The van der Waals surface area contributed by atoms with Crippen molar-refractivity contribution < 1.29 is 40.5 Å². The molecule has 0 bridgehead atoms. The molecular formula is C21H24N4O8S. The van der Waals surface area contributed by atoms with Gasteiger partial charge in [-0.3, -0.25) is 4.79 Å². The van der Waals surface area contributed by atoms with Gasteiger partial charge in [-0.15, -0.1) is 0 Å². The van der Waals surface area contributed by atoms with Crippen molar-refractivity contribution in [2.45, 2.75) is 30.5 Å². The van der Waals surface area contributed by atoms with Crippen LogP contribution in [-0.4, -0.2) is 58.5 Å². The second kappa shape index (κ2) is 9.61. The van der Waals surface area contributed by atoms with Crippen molar-refractivity contribution in [3.63, 3.8) is 0 Å². The van der Waals surface area contributed by atoms with Gasteiger partial charge in [0.15, 0.2) is 10.2 Å². The Kier molecular flexibility index (Phi) is 7.21. The average molecular weight is 493 g/mol. The third kappa shape index (κ3) is 6.05. The number of aromatic hydroxyl groups is 1. The van der Waals surface area contributed by atoms with Gasteiger partial charge in [0.25, 0.3) is 11.7 Å². The molecule has 0 radical (unpaired) electrons. The maximum absolute atomic E-state index is 12.1. The van der Waals surface area contributed by atoms with Crippen LogP contribution in [0.25, 0.3) is 0 Å². The Labute approximate surface area is 197 Å². The normalized spacial score (nSPS) is 12.5. The van der Waals surface area contributed by atoms with Crippen molar-refractivity contribution in [2.75, 3.05) is 11.1 Å². The molecule has 0 unspecified atom stereocenters. The Morgan fingerprint density at radius 2 is 1.59 bits per heavy atom. The van der Waals surface area contributed by atoms with Gasteiger partial charge in [-0.05, 0) is 17.7 Å². The molecule has 0 aliphatic heterocycles. The molecule has 1 amide bonds. The van der Waals surface area contributed by atoms with Gasteiger partial charge in [-0.25, -0.2) is 10.3 Å². The summed E-state index contributed by atoms with van der Waals surface area (Å²) in [7, 11) is 0. The highest BCUT2D eigenvalue weighted by molar-refractivity contribution is 7.17. The van der Waals surface area contributed by atoms with E-state index in [2.05, 4.69) is 10.3 Å². The molecule has 1 heterocycles. The minimum Gasteiger partial charge on any atom is -0.498 e. The fourth-order valence-electron chi connectivity index (χ4n) is 3.11. The predicted molar refractivity (Wildman–Crippen MR) is 121 cm³/mol. The summed E-state index contributed by atoms with van der Waals surface area (Å²) in [6, 6.07) is 12.7. The zero-order chi connectivity index (χ0) is 25.1. The molecule has 2 aromatic carbocycles. The number of nitrogen functional groups attached to an aromatic ring is 1. The van der Waals surface area contributed by atoms with E-state index in [9.17, 15) is 40.5 Å². The molecule has 0 atom stereocenters. The van der Waals surface area contributed by atoms with Crippen molar-refractivity contribution in [3.05, 3.63) is 71.4 Å². The topological polar surface area (TPSA) is 222 Å². The summed E-state index contributed by atoms with van der Waals surface area (Å²) in [6.07, 6.45) is -0.764. The lowest BCUT2D eigenvalue weighted by Crippen LogP contribution is -2.68. The van der Waals surface area contributed by atoms with Crippen LogP contribution in [0.4, 0.5) is 10.8 Å². The van der Waals surface area contributed by atoms with Gasteiger partial charge in [0.05, 0.1) is 6.42 Å². The van der Waals surface area contributed by atoms with E-state index in [0.29, 0.717) is 5.56 Å². The summed E-state index contributed by atoms with van der Waals surface area (Å²) in [5, 5.41) is 75.2. The summed E-state index contributed by atoms with van der Waals surface area (Å²) in [6.45, 7) is 0. The molecule has 1 aromatic heterocycles. The highest BCUT2D eigenvalue weighted by Crippen LogP contribution is 2.30. The third-order valence-corrected chi connectivity index (χ3v) is 5.48. The van der Waals surface area contributed by atoms with Crippen LogP contribution < -0.4 is 16.4 Å². The molecule has 182 valence electrons. The first-order valence-corrected chi connectivity index (χ1v) is 10.6. The lowest BCUT2D eigenvalue weighted by Gasteiger charge is -2.39. The summed E-state index contributed by atoms with van der Waals surface area (Å²) in [5.41, 5.74) is 5.76. The van der Waals surface area contributed by atoms with E-state index in [1.54, 1.807) is 35.6 Å². The average Bonchev–Trinajstić information content (AvgIpc) is 3.04. The van der Waals surface area contributed by atoms with Crippen LogP contribution in [0.1, 0.15) is 16.8 Å². The van der Waals surface area contributed by atoms with E-state index in [0.717, 1.165) is 23.5 Å². The summed E-state index contributed by atoms with van der Waals surface area (Å²) in [4.78, 5) is 16.0. The molecule has 0 spiro atoms. The van der Waals surface area contributed by atoms with Crippen LogP contribution in [0.5, 0.6) is 5.06 Å². The maximum Gasteiger partial charge on any atom is 0.288 e. The molecule has 12 nitrogen and oxygen atoms in total. The van der Waals surface area contributed by atoms with Crippen LogP contribution in [-0.2, 0) is 23.4 Å². The van der Waals surface area contributed by atoms with E-state index in [-0.39, 0.29) is 28.0 Å². The van der Waals surface area contributed by atoms with E-state index >= 15 is 0 Å². The lowest BCUT2D eigenvalue weighted by atomic mass is 10.0. The Bertz CT molecular complexity index is 1130. The second-order valence-electron chi connectivity index (χ2n) is 7.55. The quantitative estimate of drug-likeness (QED) is 0.161. The van der Waals surface area contributed by atoms with Crippen molar-refractivity contribution in [2.24, 2.45) is 0 Å². The zero-order valence-electron chi connectivity index (χ0n) is 17.6. The first kappa shape index (κ1) is 25.5. The number of aliphatic hydroxyl groups is 6. The second-order valence-corrected chi connectivity index (χ2v) is 8.56. The van der Waals surface area contributed by atoms with Crippen LogP contribution in [0.15, 0.2) is 54.6 Å². The molecule has 0 aliphatic rings. The fraction of sp³-hybridized carbons (Fsp3) is 0.238. The highest BCUT2D eigenvalue weighted by atomic mass is 32.1. The number of hydrogen-bond donors (Lipinski definition) is 10. The van der Waals surface area contributed by atoms with Gasteiger partial charge < -0.3 is 46.8 Å². The van der Waals surface area contributed by atoms with Crippen LogP contribution in [0.2, 0.25) is 0 Å². The molecule has 11 N–H and O–H groups in total. The molecular weight excluding hydrogens is 468 g/mol. The molecule has 0 aliphatic carbocycles. The zero-order valence-corrected chi connectivity index (χ0v) is 18.4. The van der Waals surface area contributed by atoms with Gasteiger partial charge in [0.1, 0.15) is 5.69 Å². The molecule has 3 aromatic rings. The number of nitrogens with zero attached hydrogens (tertiary/aromatic N) is 1. The van der Waals surface area contributed by atoms with E-state index in [1.165, 1.54) is 12.1 Å². The van der Waals surface area contributed by atoms with E-state index in [1.807, 2.05) is 0 Å². The van der Waals surface area contributed by atoms with Crippen LogP contribution in [0.3, 0.4) is 0 Å². The number of anilines is 2. The smallest absolute Gasteiger partial charge is 0.288 e. The Balaban J connectivity index is 1.67. The summed E-state index contributed by atoms with van der Waals surface area (Å²) < 4.78 is 0. The number of amides is 1. The molecule has 13 heteroatoms. The predicted octanol–water partition coefficient (Wildman–Crippen LogP) is -1.14. The van der Waals surface area contributed by atoms with Crippen molar-refractivity contribution in [3.8, 4) is 5.06 Å². The van der Waals surface area contributed by atoms with Crippen molar-refractivity contribution in [1.29, 1.82) is 0 Å². The van der Waals surface area contributed by atoms with E-state index < -0.39 is 35.5 Å². The maximum atomic E-state index is 12.1. The van der Waals surface area contributed by atoms with Crippen molar-refractivity contribution in [1.82, 2.24) is 10.3 Å². The number of benzene rings is 2. The third-order valence-electron chi connectivity index (χ3n) is 4.75. The van der Waals surface area contributed by atoms with Gasteiger partial charge in [-0.1, -0.05) is 53.8 Å². The molecule has 0 saturated carbocycles. The SMILES string of the molecule is Nc1nc(CC(=O)Nc2ccc(C(O)(O)C(O)(O)NC(O)(O)Cc3ccccc3)cc2)c(O)s1. The first-order chi connectivity index (χ1) is 15.8. The minimum absolute atomic E-state index is 0.102. The van der Waals surface area contributed by atoms with Gasteiger partial charge in [0.2, 0.25) is 11.8 Å². The minimum atomic E-state index is -3.60. The van der Waals surface area contributed by atoms with Crippen molar-refractivity contribution >= 4 is 28.1 Å². The first-order valence-electron chi connectivity index (χ1n) is 9.81. The fourth-order valence-corrected chi connectivity index (χ4v) is 3.70. The van der Waals surface area contributed by atoms with E-state index in [4.69, 9.17) is 5.73 Å². The number of nitrogens with two attached hydrogens (primary N) is 1. The molecule has 3 rings (SSSR count). The number of nitrogens with one attached hydrogen (secondary N) is 2. The summed E-state index contributed by atoms with van der Waals surface area (Å²) >= 11 is 0.826. The standard InChI is InChI=1S/C21H24N4O8S/c22-18-24-15(17(27)34-18)10-16(26)23-14-8-6-13(7-9-14)20(30,31)21(32,33)25-19(28,29)11-12-4-2-1-3-5-12/h1-9,25,27-33H,10-11H2,(H2,22,24)(H,23,26). The highest BCUT2D eigenvalue weighted by Gasteiger charge is 2.52. The van der Waals surface area contributed by atoms with Crippen LogP contribution >= 0.6 is 11.3 Å². The summed E-state index contributed by atoms with van der Waals surface area (Å²) in [5.74, 6) is -10.5. The van der Waals surface area contributed by atoms with Gasteiger partial charge in [0, 0.05) is 17.7 Å². The lowest BCUT2D eigenvalue weighted by molar-refractivity contribution is -0.407. The largest absolute Gasteiger partial charge is 0.498 e. The van der Waals surface area contributed by atoms with Crippen LogP contribution in [0, 0.1) is 0 Å². The number of hydrogen-bond acceptors (Lipinski definition) is 12. The number of rotatable bonds is 9. The van der Waals surface area contributed by atoms with Gasteiger partial charge >= 0.3 is 0 Å². The Morgan fingerprint density at radius 3 is 2.15 bits per heavy atom. The Morgan fingerprint density at radius 1 is 0.971 bits per heavy atom. The number of thiazole rings is 1. The molecule has 0 saturated heterocycles. The molecule has 0 fully saturated rings. The molecule has 34 heavy (non-hydrogen) atoms. The van der Waals surface area contributed by atoms with Gasteiger partial charge in [-0.2, -0.15) is 0 Å². The monoisotopic (exact) mass is 492 g/mol. The number of aromatic nitrogens is 1. The Hall–Kier alpha value is -3.14. The number of carbonyl (C=O) groups is 1.